The van der Waals surface area contributed by atoms with Gasteiger partial charge in [-0.3, -0.25) is 45.5 Å². The molecule has 0 aliphatic heterocycles. The quantitative estimate of drug-likeness (QED) is 0.0225. The van der Waals surface area contributed by atoms with Crippen LogP contribution in [-0.4, -0.2) is 135 Å². The standard InChI is InChI=1S/C29H28N6O3.C23H25N7O2.C23H24N6O3/c1-4-30-29(37)34-28-32-25-15-21(14-23(27(25)33-28)24-10-5-6-11-31-24)20-12-18(2)35(26(36)16-20)17-19-8-7-9-22(13-19)38-3;1-4-24-23(32)29-22-27-18-11-15(30-12-19(26-13-30)20(31)9-14(2)3)10-16(21(18)28-22)17-7-5-6-8-25-17;1-3-25-23(30)29-22-27-20-12-16(15-5-4-7-24-14-15)11-18(21(20)28-22)19-13-17(6-8-26-19)32-10-9-31-2/h5-16H,4,17H2,1-3H3,(H3,30,32,33,34,37);5-8,10-14H,4,9H2,1-3H3,(H3,24,27,28,29,32);4-8,11-14H,3,9-10H2,1-2H3,(H3,25,27,28,29,30). The number of ketones is 1. The summed E-state index contributed by atoms with van der Waals surface area (Å²) < 4.78 is 19.7. The van der Waals surface area contributed by atoms with E-state index in [1.807, 2.05) is 163 Å². The number of hydrogen-bond donors (Lipinski definition) is 9. The number of amides is 6. The van der Waals surface area contributed by atoms with E-state index in [0.717, 1.165) is 84.1 Å². The molecule has 27 heteroatoms. The minimum absolute atomic E-state index is 0.0136. The zero-order chi connectivity index (χ0) is 71.7. The maximum atomic E-state index is 13.2. The molecule has 0 aliphatic carbocycles. The lowest BCUT2D eigenvalue weighted by Gasteiger charge is -2.13. The van der Waals surface area contributed by atoms with Crippen molar-refractivity contribution in [2.24, 2.45) is 5.92 Å². The first-order valence-electron chi connectivity index (χ1n) is 33.1. The minimum atomic E-state index is -0.346. The monoisotopic (exact) mass is 1370 g/mol. The van der Waals surface area contributed by atoms with Gasteiger partial charge in [-0.25, -0.2) is 34.3 Å². The number of aromatic nitrogens is 13. The van der Waals surface area contributed by atoms with E-state index >= 15 is 0 Å². The Balaban J connectivity index is 0.000000155. The highest BCUT2D eigenvalue weighted by molar-refractivity contribution is 6.01. The Hall–Kier alpha value is -12.9. The van der Waals surface area contributed by atoms with Gasteiger partial charge in [0.15, 0.2) is 5.78 Å². The van der Waals surface area contributed by atoms with E-state index in [4.69, 9.17) is 14.2 Å². The average Bonchev–Trinajstić information content (AvgIpc) is 1.57. The number of nitrogens with zero attached hydrogens (tertiary/aromatic N) is 10. The van der Waals surface area contributed by atoms with Crippen LogP contribution in [0.2, 0.25) is 0 Å². The van der Waals surface area contributed by atoms with Crippen molar-refractivity contribution in [3.05, 3.63) is 204 Å². The molecule has 520 valence electrons. The van der Waals surface area contributed by atoms with Gasteiger partial charge in [0.2, 0.25) is 17.8 Å². The maximum absolute atomic E-state index is 13.2. The van der Waals surface area contributed by atoms with E-state index in [1.165, 1.54) is 0 Å². The van der Waals surface area contributed by atoms with Crippen LogP contribution in [0.3, 0.4) is 0 Å². The van der Waals surface area contributed by atoms with Crippen molar-refractivity contribution in [3.63, 3.8) is 0 Å². The van der Waals surface area contributed by atoms with Crippen molar-refractivity contribution in [3.8, 4) is 73.2 Å². The Labute approximate surface area is 586 Å². The average molecular weight is 1370 g/mol. The molecular formula is C75H77N19O8. The van der Waals surface area contributed by atoms with Crippen LogP contribution in [0.25, 0.3) is 94.8 Å². The molecule has 4 aromatic carbocycles. The van der Waals surface area contributed by atoms with Gasteiger partial charge in [-0.15, -0.1) is 0 Å². The molecule has 0 aliphatic rings. The Morgan fingerprint density at radius 2 is 1.11 bits per heavy atom. The number of pyridine rings is 5. The predicted octanol–water partition coefficient (Wildman–Crippen LogP) is 13.0. The number of ether oxygens (including phenoxy) is 3. The Bertz CT molecular complexity index is 5150. The lowest BCUT2D eigenvalue weighted by Crippen LogP contribution is -2.28. The van der Waals surface area contributed by atoms with E-state index in [0.29, 0.717) is 103 Å². The summed E-state index contributed by atoms with van der Waals surface area (Å²) in [5.41, 5.74) is 15.2. The second-order valence-corrected chi connectivity index (χ2v) is 23.7. The van der Waals surface area contributed by atoms with Crippen LogP contribution in [0.5, 0.6) is 11.5 Å². The number of nitrogens with one attached hydrogen (secondary N) is 9. The highest BCUT2D eigenvalue weighted by Crippen LogP contribution is 2.37. The number of carbonyl (C=O) groups excluding carboxylic acids is 4. The molecule has 27 nitrogen and oxygen atoms in total. The number of Topliss-reactive ketones (excluding diaryl/α,β-unsaturated/α-hetero) is 1. The number of anilines is 3. The first kappa shape index (κ1) is 70.4. The summed E-state index contributed by atoms with van der Waals surface area (Å²) in [6.45, 7) is 14.4. The van der Waals surface area contributed by atoms with Gasteiger partial charge in [0.1, 0.15) is 35.6 Å². The SMILES string of the molecule is CCNC(=O)Nc1nc2c(-c3cc(OCCOC)ccn3)cc(-c3cccnc3)cc2[nH]1.CCNC(=O)Nc1nc2c(-c3ccccn3)cc(-c3cc(C)n(Cc4cccc(OC)c4)c(=O)c3)cc2[nH]1.CCNC(=O)Nc1nc2c(-c3ccccn3)cc(-n3cnc(C(=O)CC(C)C)c3)cc2[nH]1. The van der Waals surface area contributed by atoms with Gasteiger partial charge >= 0.3 is 18.1 Å². The number of benzene rings is 4. The zero-order valence-corrected chi connectivity index (χ0v) is 57.5. The van der Waals surface area contributed by atoms with Crippen molar-refractivity contribution in [1.82, 2.24) is 79.9 Å². The number of urea groups is 3. The molecule has 13 aromatic rings. The van der Waals surface area contributed by atoms with E-state index in [-0.39, 0.29) is 35.4 Å². The lowest BCUT2D eigenvalue weighted by molar-refractivity contribution is 0.0963. The topological polar surface area (TPSA) is 346 Å². The molecule has 9 aromatic heterocycles. The zero-order valence-electron chi connectivity index (χ0n) is 57.5. The summed E-state index contributed by atoms with van der Waals surface area (Å²) in [4.78, 5) is 107. The molecule has 13 rings (SSSR count). The first-order chi connectivity index (χ1) is 49.6. The second-order valence-electron chi connectivity index (χ2n) is 23.7. The molecular weight excluding hydrogens is 1290 g/mol. The normalized spacial score (nSPS) is 11.0. The number of rotatable bonds is 22. The third-order valence-corrected chi connectivity index (χ3v) is 15.8. The maximum Gasteiger partial charge on any atom is 0.321 e. The summed E-state index contributed by atoms with van der Waals surface area (Å²) in [6, 6.07) is 40.9. The molecule has 9 heterocycles. The van der Waals surface area contributed by atoms with Crippen molar-refractivity contribution in [1.29, 1.82) is 0 Å². The first-order valence-corrected chi connectivity index (χ1v) is 33.1. The van der Waals surface area contributed by atoms with Crippen LogP contribution in [0.1, 0.15) is 62.8 Å². The fourth-order valence-corrected chi connectivity index (χ4v) is 11.1. The number of hydrogen-bond acceptors (Lipinski definition) is 16. The van der Waals surface area contributed by atoms with Crippen molar-refractivity contribution < 1.29 is 33.4 Å². The van der Waals surface area contributed by atoms with Crippen LogP contribution in [-0.2, 0) is 11.3 Å². The van der Waals surface area contributed by atoms with Crippen LogP contribution in [0.4, 0.5) is 32.2 Å². The number of H-pyrrole nitrogens is 3. The molecule has 0 spiro atoms. The van der Waals surface area contributed by atoms with Gasteiger partial charge in [-0.1, -0.05) is 44.2 Å². The number of carbonyl (C=O) groups is 4. The summed E-state index contributed by atoms with van der Waals surface area (Å²) in [6.07, 6.45) is 12.5. The Kier molecular flexibility index (Phi) is 22.8. The lowest BCUT2D eigenvalue weighted by atomic mass is 9.99. The van der Waals surface area contributed by atoms with Gasteiger partial charge in [0.05, 0.1) is 64.9 Å². The largest absolute Gasteiger partial charge is 0.497 e. The van der Waals surface area contributed by atoms with Crippen LogP contribution in [0.15, 0.2) is 182 Å². The number of aromatic amines is 3. The van der Waals surface area contributed by atoms with E-state index in [2.05, 4.69) is 86.7 Å². The van der Waals surface area contributed by atoms with Gasteiger partial charge in [-0.2, -0.15) is 0 Å². The highest BCUT2D eigenvalue weighted by atomic mass is 16.5. The predicted molar refractivity (Wildman–Crippen MR) is 394 cm³/mol. The Morgan fingerprint density at radius 1 is 0.539 bits per heavy atom. The molecule has 6 amide bonds. The van der Waals surface area contributed by atoms with Crippen LogP contribution < -0.4 is 46.9 Å². The number of aryl methyl sites for hydroxylation is 1. The number of methoxy groups -OCH3 is 2. The van der Waals surface area contributed by atoms with Crippen LogP contribution in [0, 0.1) is 12.8 Å². The molecule has 0 unspecified atom stereocenters. The Morgan fingerprint density at radius 3 is 1.65 bits per heavy atom. The van der Waals surface area contributed by atoms with Crippen molar-refractivity contribution in [2.45, 2.75) is 54.5 Å². The van der Waals surface area contributed by atoms with E-state index in [1.54, 1.807) is 79.0 Å². The molecule has 0 atom stereocenters. The molecule has 0 saturated heterocycles. The van der Waals surface area contributed by atoms with Gasteiger partial charge in [0, 0.05) is 116 Å². The van der Waals surface area contributed by atoms with Crippen LogP contribution >= 0.6 is 0 Å². The summed E-state index contributed by atoms with van der Waals surface area (Å²) in [5, 5.41) is 16.2. The highest BCUT2D eigenvalue weighted by Gasteiger charge is 2.21. The molecule has 102 heavy (non-hydrogen) atoms. The smallest absolute Gasteiger partial charge is 0.321 e. The molecule has 0 bridgehead atoms. The van der Waals surface area contributed by atoms with Gasteiger partial charge in [0.25, 0.3) is 5.56 Å². The van der Waals surface area contributed by atoms with E-state index in [9.17, 15) is 24.0 Å². The van der Waals surface area contributed by atoms with Gasteiger partial charge in [-0.05, 0) is 147 Å². The molecule has 0 radical (unpaired) electrons. The molecule has 0 saturated carbocycles. The molecule has 0 fully saturated rings. The number of fused-ring (bicyclic) bond motifs is 3. The number of imidazole rings is 4. The second kappa shape index (κ2) is 33.1. The summed E-state index contributed by atoms with van der Waals surface area (Å²) in [7, 11) is 3.26. The van der Waals surface area contributed by atoms with Gasteiger partial charge < -0.3 is 54.2 Å². The fraction of sp³-hybridized carbons (Fsp3) is 0.213. The fourth-order valence-electron chi connectivity index (χ4n) is 11.1. The summed E-state index contributed by atoms with van der Waals surface area (Å²) >= 11 is 0. The van der Waals surface area contributed by atoms with Crippen molar-refractivity contribution >= 4 is 74.8 Å². The third-order valence-electron chi connectivity index (χ3n) is 15.8. The summed E-state index contributed by atoms with van der Waals surface area (Å²) in [5.74, 6) is 2.72. The van der Waals surface area contributed by atoms with E-state index < -0.39 is 0 Å². The molecule has 9 N–H and O–H groups in total. The third kappa shape index (κ3) is 17.5. The van der Waals surface area contributed by atoms with Crippen molar-refractivity contribution in [2.75, 3.05) is 63.0 Å². The minimum Gasteiger partial charge on any atom is -0.497 e.